The molecule has 1 heterocycles. The molecule has 7 heteroatoms. The second-order valence-corrected chi connectivity index (χ2v) is 6.97. The predicted molar refractivity (Wildman–Crippen MR) is 97.1 cm³/mol. The number of hydrogen-bond acceptors (Lipinski definition) is 5. The van der Waals surface area contributed by atoms with Gasteiger partial charge in [-0.15, -0.1) is 0 Å². The number of methoxy groups -OCH3 is 2. The first-order chi connectivity index (χ1) is 11.8. The number of carbonyl (C=O) groups excluding carboxylic acids is 2. The van der Waals surface area contributed by atoms with Crippen molar-refractivity contribution in [3.8, 4) is 0 Å². The van der Waals surface area contributed by atoms with E-state index in [0.29, 0.717) is 25.6 Å². The van der Waals surface area contributed by atoms with Crippen LogP contribution < -0.4 is 11.1 Å². The van der Waals surface area contributed by atoms with Gasteiger partial charge in [0.05, 0.1) is 30.6 Å². The van der Waals surface area contributed by atoms with E-state index in [2.05, 4.69) is 19.2 Å². The van der Waals surface area contributed by atoms with Gasteiger partial charge in [0.15, 0.2) is 0 Å². The molecular formula is C18H35N3O4. The molecule has 0 aliphatic carbocycles. The molecule has 0 aromatic carbocycles. The Labute approximate surface area is 151 Å². The van der Waals surface area contributed by atoms with Gasteiger partial charge in [0.25, 0.3) is 0 Å². The molecule has 7 nitrogen and oxygen atoms in total. The highest BCUT2D eigenvalue weighted by Crippen LogP contribution is 2.27. The summed E-state index contributed by atoms with van der Waals surface area (Å²) in [6, 6.07) is 0.279. The van der Waals surface area contributed by atoms with E-state index < -0.39 is 11.8 Å². The largest absolute Gasteiger partial charge is 0.380 e. The van der Waals surface area contributed by atoms with Crippen molar-refractivity contribution in [2.24, 2.45) is 11.7 Å². The van der Waals surface area contributed by atoms with E-state index in [4.69, 9.17) is 15.2 Å². The van der Waals surface area contributed by atoms with E-state index in [0.717, 1.165) is 19.3 Å². The Morgan fingerprint density at radius 2 is 1.96 bits per heavy atom. The molecule has 0 spiro atoms. The number of nitrogens with zero attached hydrogens (tertiary/aromatic N) is 1. The fourth-order valence-electron chi connectivity index (χ4n) is 3.33. The molecule has 146 valence electrons. The molecule has 0 aromatic rings. The first-order valence-corrected chi connectivity index (χ1v) is 9.23. The van der Waals surface area contributed by atoms with Crippen LogP contribution in [-0.4, -0.2) is 68.3 Å². The van der Waals surface area contributed by atoms with Gasteiger partial charge in [0.1, 0.15) is 0 Å². The van der Waals surface area contributed by atoms with E-state index >= 15 is 0 Å². The topological polar surface area (TPSA) is 93.9 Å². The van der Waals surface area contributed by atoms with Crippen LogP contribution in [0.3, 0.4) is 0 Å². The monoisotopic (exact) mass is 357 g/mol. The van der Waals surface area contributed by atoms with Crippen LogP contribution >= 0.6 is 0 Å². The van der Waals surface area contributed by atoms with Crippen molar-refractivity contribution < 1.29 is 19.1 Å². The van der Waals surface area contributed by atoms with Crippen LogP contribution in [0.5, 0.6) is 0 Å². The van der Waals surface area contributed by atoms with E-state index in [-0.39, 0.29) is 24.2 Å². The fraction of sp³-hybridized carbons (Fsp3) is 0.889. The van der Waals surface area contributed by atoms with Crippen molar-refractivity contribution in [2.75, 3.05) is 27.3 Å². The molecule has 0 radical (unpaired) electrons. The molecule has 1 aliphatic rings. The zero-order valence-electron chi connectivity index (χ0n) is 16.3. The van der Waals surface area contributed by atoms with Gasteiger partial charge in [-0.1, -0.05) is 13.8 Å². The van der Waals surface area contributed by atoms with Gasteiger partial charge in [0, 0.05) is 33.4 Å². The maximum Gasteiger partial charge on any atom is 0.225 e. The molecule has 2 amide bonds. The molecule has 1 aliphatic heterocycles. The van der Waals surface area contributed by atoms with Gasteiger partial charge < -0.3 is 25.4 Å². The average Bonchev–Trinajstić information content (AvgIpc) is 3.07. The molecule has 1 rings (SSSR count). The number of ether oxygens (including phenoxy) is 2. The number of rotatable bonds is 11. The van der Waals surface area contributed by atoms with Crippen LogP contribution in [-0.2, 0) is 19.1 Å². The summed E-state index contributed by atoms with van der Waals surface area (Å²) < 4.78 is 11.0. The van der Waals surface area contributed by atoms with Crippen molar-refractivity contribution in [1.29, 1.82) is 0 Å². The number of nitrogens with one attached hydrogen (secondary N) is 1. The minimum Gasteiger partial charge on any atom is -0.380 e. The minimum atomic E-state index is -0.436. The van der Waals surface area contributed by atoms with Gasteiger partial charge in [-0.05, 0) is 26.2 Å². The van der Waals surface area contributed by atoms with Gasteiger partial charge >= 0.3 is 0 Å². The maximum absolute atomic E-state index is 12.8. The molecule has 3 N–H and O–H groups in total. The second kappa shape index (κ2) is 10.7. The average molecular weight is 357 g/mol. The van der Waals surface area contributed by atoms with Crippen LogP contribution in [0.4, 0.5) is 0 Å². The highest BCUT2D eigenvalue weighted by Gasteiger charge is 2.39. The highest BCUT2D eigenvalue weighted by atomic mass is 16.5. The van der Waals surface area contributed by atoms with Gasteiger partial charge in [-0.3, -0.25) is 9.59 Å². The van der Waals surface area contributed by atoms with Crippen molar-refractivity contribution in [3.63, 3.8) is 0 Å². The molecule has 1 saturated heterocycles. The third-order valence-electron chi connectivity index (χ3n) is 5.25. The first kappa shape index (κ1) is 21.9. The number of likely N-dealkylation sites (tertiary alicyclic amines) is 1. The van der Waals surface area contributed by atoms with Crippen LogP contribution in [0.25, 0.3) is 0 Å². The zero-order valence-corrected chi connectivity index (χ0v) is 16.3. The Balaban J connectivity index is 2.69. The van der Waals surface area contributed by atoms with E-state index in [1.54, 1.807) is 21.1 Å². The molecule has 1 fully saturated rings. The third-order valence-corrected chi connectivity index (χ3v) is 5.25. The highest BCUT2D eigenvalue weighted by molar-refractivity contribution is 5.79. The standard InChI is InChI=1S/C18H35N3O4/c1-6-12(2)20-11-14(24-4)10-16(22)21-9-7-8-15(21)17(25-5)13(3)18(19)23/h12-15,17,20H,6-11H2,1-5H3,(H2,19,23). The van der Waals surface area contributed by atoms with Crippen LogP contribution in [0.1, 0.15) is 46.5 Å². The Hall–Kier alpha value is -1.18. The lowest BCUT2D eigenvalue weighted by Crippen LogP contribution is -2.50. The summed E-state index contributed by atoms with van der Waals surface area (Å²) in [5.41, 5.74) is 5.43. The number of amides is 2. The van der Waals surface area contributed by atoms with E-state index in [1.807, 2.05) is 4.90 Å². The number of nitrogens with two attached hydrogens (primary N) is 1. The summed E-state index contributed by atoms with van der Waals surface area (Å²) >= 11 is 0. The van der Waals surface area contributed by atoms with Gasteiger partial charge in [0.2, 0.25) is 11.8 Å². The van der Waals surface area contributed by atoms with Crippen LogP contribution in [0.2, 0.25) is 0 Å². The lowest BCUT2D eigenvalue weighted by molar-refractivity contribution is -0.140. The lowest BCUT2D eigenvalue weighted by atomic mass is 9.95. The van der Waals surface area contributed by atoms with Crippen LogP contribution in [0, 0.1) is 5.92 Å². The Kier molecular flexibility index (Phi) is 9.38. The molecule has 5 unspecified atom stereocenters. The summed E-state index contributed by atoms with van der Waals surface area (Å²) in [5.74, 6) is -0.800. The summed E-state index contributed by atoms with van der Waals surface area (Å²) in [6.45, 7) is 7.31. The number of primary amides is 1. The first-order valence-electron chi connectivity index (χ1n) is 9.23. The molecule has 0 saturated carbocycles. The Bertz CT molecular complexity index is 433. The normalized spacial score (nSPS) is 22.4. The van der Waals surface area contributed by atoms with Crippen molar-refractivity contribution in [2.45, 2.75) is 70.7 Å². The molecule has 5 atom stereocenters. The summed E-state index contributed by atoms with van der Waals surface area (Å²) in [6.07, 6.45) is 2.53. The molecule has 25 heavy (non-hydrogen) atoms. The second-order valence-electron chi connectivity index (χ2n) is 6.97. The molecular weight excluding hydrogens is 322 g/mol. The Morgan fingerprint density at radius 3 is 2.48 bits per heavy atom. The lowest BCUT2D eigenvalue weighted by Gasteiger charge is -2.34. The minimum absolute atomic E-state index is 0.0408. The summed E-state index contributed by atoms with van der Waals surface area (Å²) in [5, 5.41) is 3.38. The molecule has 0 aromatic heterocycles. The number of hydrogen-bond donors (Lipinski definition) is 2. The Morgan fingerprint density at radius 1 is 1.28 bits per heavy atom. The van der Waals surface area contributed by atoms with Gasteiger partial charge in [-0.2, -0.15) is 0 Å². The predicted octanol–water partition coefficient (Wildman–Crippen LogP) is 0.907. The van der Waals surface area contributed by atoms with E-state index in [9.17, 15) is 9.59 Å². The fourth-order valence-corrected chi connectivity index (χ4v) is 3.33. The zero-order chi connectivity index (χ0) is 19.0. The van der Waals surface area contributed by atoms with Gasteiger partial charge in [-0.25, -0.2) is 0 Å². The van der Waals surface area contributed by atoms with Crippen LogP contribution in [0.15, 0.2) is 0 Å². The van der Waals surface area contributed by atoms with Crippen molar-refractivity contribution in [3.05, 3.63) is 0 Å². The van der Waals surface area contributed by atoms with Crippen molar-refractivity contribution in [1.82, 2.24) is 10.2 Å². The smallest absolute Gasteiger partial charge is 0.225 e. The van der Waals surface area contributed by atoms with E-state index in [1.165, 1.54) is 0 Å². The molecule has 0 bridgehead atoms. The summed E-state index contributed by atoms with van der Waals surface area (Å²) in [4.78, 5) is 26.2. The SMILES string of the molecule is CCC(C)NCC(CC(=O)N1CCCC1C(OC)C(C)C(N)=O)OC. The quantitative estimate of drug-likeness (QED) is 0.573. The maximum atomic E-state index is 12.8. The third kappa shape index (κ3) is 6.24. The van der Waals surface area contributed by atoms with Crippen molar-refractivity contribution >= 4 is 11.8 Å². The summed E-state index contributed by atoms with van der Waals surface area (Å²) in [7, 11) is 3.20. The number of carbonyl (C=O) groups is 2.